The molecule has 0 saturated carbocycles. The standard InChI is InChI=1S/C14H17N3O2S/c15-12(7-6-10-4-2-1-3-5-10)13(18)16-8-11-9-20-14(19)17-11/h1-5,9,12H,6-8,15H2,(H,16,18)(H,17,19). The molecule has 2 aromatic rings. The highest BCUT2D eigenvalue weighted by atomic mass is 32.1. The Morgan fingerprint density at radius 2 is 2.10 bits per heavy atom. The topological polar surface area (TPSA) is 88.0 Å². The normalized spacial score (nSPS) is 12.1. The van der Waals surface area contributed by atoms with Crippen LogP contribution in [0.4, 0.5) is 0 Å². The third kappa shape index (κ3) is 4.32. The molecule has 1 amide bonds. The van der Waals surface area contributed by atoms with Gasteiger partial charge in [0, 0.05) is 11.1 Å². The van der Waals surface area contributed by atoms with Crippen LogP contribution in [0.2, 0.25) is 0 Å². The highest BCUT2D eigenvalue weighted by Crippen LogP contribution is 2.04. The van der Waals surface area contributed by atoms with Crippen LogP contribution in [0.5, 0.6) is 0 Å². The molecule has 0 aliphatic carbocycles. The first kappa shape index (κ1) is 14.5. The highest BCUT2D eigenvalue weighted by Gasteiger charge is 2.13. The van der Waals surface area contributed by atoms with Gasteiger partial charge in [0.1, 0.15) is 0 Å². The molecule has 0 aliphatic heterocycles. The average molecular weight is 291 g/mol. The molecule has 0 aliphatic rings. The fraction of sp³-hybridized carbons (Fsp3) is 0.286. The number of aryl methyl sites for hydroxylation is 1. The van der Waals surface area contributed by atoms with Crippen LogP contribution in [-0.4, -0.2) is 16.9 Å². The Labute approximate surface area is 120 Å². The summed E-state index contributed by atoms with van der Waals surface area (Å²) in [5, 5.41) is 4.41. The number of hydrogen-bond donors (Lipinski definition) is 3. The van der Waals surface area contributed by atoms with Gasteiger partial charge in [0.25, 0.3) is 0 Å². The van der Waals surface area contributed by atoms with Crippen molar-refractivity contribution in [1.29, 1.82) is 0 Å². The lowest BCUT2D eigenvalue weighted by atomic mass is 10.1. The largest absolute Gasteiger partial charge is 0.349 e. The Morgan fingerprint density at radius 3 is 2.75 bits per heavy atom. The van der Waals surface area contributed by atoms with E-state index in [1.807, 2.05) is 30.3 Å². The molecule has 1 atom stereocenters. The molecule has 2 rings (SSSR count). The van der Waals surface area contributed by atoms with Gasteiger partial charge in [-0.05, 0) is 18.4 Å². The number of carbonyl (C=O) groups excluding carboxylic acids is 1. The van der Waals surface area contributed by atoms with Gasteiger partial charge in [-0.25, -0.2) is 0 Å². The van der Waals surface area contributed by atoms with E-state index >= 15 is 0 Å². The summed E-state index contributed by atoms with van der Waals surface area (Å²) in [5.41, 5.74) is 7.72. The van der Waals surface area contributed by atoms with E-state index < -0.39 is 6.04 Å². The molecule has 1 unspecified atom stereocenters. The van der Waals surface area contributed by atoms with Crippen molar-refractivity contribution in [2.45, 2.75) is 25.4 Å². The zero-order chi connectivity index (χ0) is 14.4. The van der Waals surface area contributed by atoms with Crippen LogP contribution in [0.3, 0.4) is 0 Å². The minimum atomic E-state index is -0.541. The maximum Gasteiger partial charge on any atom is 0.304 e. The minimum Gasteiger partial charge on any atom is -0.349 e. The van der Waals surface area contributed by atoms with E-state index in [9.17, 15) is 9.59 Å². The second-order valence-electron chi connectivity index (χ2n) is 4.52. The van der Waals surface area contributed by atoms with E-state index in [4.69, 9.17) is 5.73 Å². The van der Waals surface area contributed by atoms with Crippen LogP contribution < -0.4 is 15.9 Å². The Hall–Kier alpha value is -1.92. The lowest BCUT2D eigenvalue weighted by Gasteiger charge is -2.11. The molecule has 6 heteroatoms. The molecule has 0 fully saturated rings. The monoisotopic (exact) mass is 291 g/mol. The van der Waals surface area contributed by atoms with Crippen molar-refractivity contribution in [1.82, 2.24) is 10.3 Å². The number of H-pyrrole nitrogens is 1. The van der Waals surface area contributed by atoms with Crippen LogP contribution in [0.15, 0.2) is 40.5 Å². The van der Waals surface area contributed by atoms with Gasteiger partial charge in [0.2, 0.25) is 5.91 Å². The molecule has 1 aromatic carbocycles. The van der Waals surface area contributed by atoms with Gasteiger partial charge in [0.15, 0.2) is 0 Å². The number of rotatable bonds is 6. The Bertz CT molecular complexity index is 606. The van der Waals surface area contributed by atoms with Gasteiger partial charge in [-0.3, -0.25) is 9.59 Å². The molecular weight excluding hydrogens is 274 g/mol. The van der Waals surface area contributed by atoms with E-state index in [-0.39, 0.29) is 10.8 Å². The number of aromatic amines is 1. The maximum absolute atomic E-state index is 11.8. The van der Waals surface area contributed by atoms with Crippen LogP contribution >= 0.6 is 11.3 Å². The summed E-state index contributed by atoms with van der Waals surface area (Å²) in [7, 11) is 0. The van der Waals surface area contributed by atoms with E-state index in [0.29, 0.717) is 18.7 Å². The summed E-state index contributed by atoms with van der Waals surface area (Å²) in [6, 6.07) is 9.38. The lowest BCUT2D eigenvalue weighted by Crippen LogP contribution is -2.40. The van der Waals surface area contributed by atoms with Crippen molar-refractivity contribution in [3.05, 3.63) is 56.6 Å². The fourth-order valence-electron chi connectivity index (χ4n) is 1.81. The van der Waals surface area contributed by atoms with Gasteiger partial charge >= 0.3 is 4.87 Å². The predicted octanol–water partition coefficient (Wildman–Crippen LogP) is 1.01. The first-order valence-corrected chi connectivity index (χ1v) is 7.27. The van der Waals surface area contributed by atoms with E-state index in [2.05, 4.69) is 10.3 Å². The number of nitrogens with two attached hydrogens (primary N) is 1. The Morgan fingerprint density at radius 1 is 1.35 bits per heavy atom. The molecule has 5 nitrogen and oxygen atoms in total. The van der Waals surface area contributed by atoms with E-state index in [1.54, 1.807) is 5.38 Å². The summed E-state index contributed by atoms with van der Waals surface area (Å²) >= 11 is 1.08. The number of carbonyl (C=O) groups is 1. The highest BCUT2D eigenvalue weighted by molar-refractivity contribution is 7.07. The summed E-state index contributed by atoms with van der Waals surface area (Å²) in [6.07, 6.45) is 1.36. The third-order valence-corrected chi connectivity index (χ3v) is 3.67. The second-order valence-corrected chi connectivity index (χ2v) is 5.36. The molecule has 0 bridgehead atoms. The number of thiazole rings is 1. The number of hydrogen-bond acceptors (Lipinski definition) is 4. The van der Waals surface area contributed by atoms with Gasteiger partial charge in [-0.15, -0.1) is 0 Å². The van der Waals surface area contributed by atoms with Crippen molar-refractivity contribution < 1.29 is 4.79 Å². The summed E-state index contributed by atoms with van der Waals surface area (Å²) < 4.78 is 0. The average Bonchev–Trinajstić information content (AvgIpc) is 2.89. The van der Waals surface area contributed by atoms with Gasteiger partial charge in [-0.1, -0.05) is 41.7 Å². The van der Waals surface area contributed by atoms with Crippen molar-refractivity contribution in [3.8, 4) is 0 Å². The van der Waals surface area contributed by atoms with Crippen LogP contribution in [-0.2, 0) is 17.8 Å². The number of benzene rings is 1. The SMILES string of the molecule is NC(CCc1ccccc1)C(=O)NCc1csc(=O)[nH]1. The van der Waals surface area contributed by atoms with E-state index in [0.717, 1.165) is 23.3 Å². The van der Waals surface area contributed by atoms with Crippen molar-refractivity contribution >= 4 is 17.2 Å². The third-order valence-electron chi connectivity index (χ3n) is 2.95. The minimum absolute atomic E-state index is 0.123. The zero-order valence-electron chi connectivity index (χ0n) is 11.0. The zero-order valence-corrected chi connectivity index (χ0v) is 11.8. The maximum atomic E-state index is 11.8. The van der Waals surface area contributed by atoms with E-state index in [1.165, 1.54) is 0 Å². The van der Waals surface area contributed by atoms with Crippen molar-refractivity contribution in [2.24, 2.45) is 5.73 Å². The van der Waals surface area contributed by atoms with Gasteiger partial charge < -0.3 is 16.0 Å². The Balaban J connectivity index is 1.76. The lowest BCUT2D eigenvalue weighted by molar-refractivity contribution is -0.122. The molecule has 0 spiro atoms. The molecule has 4 N–H and O–H groups in total. The first-order valence-electron chi connectivity index (χ1n) is 6.39. The molecule has 1 aromatic heterocycles. The molecular formula is C14H17N3O2S. The first-order chi connectivity index (χ1) is 9.65. The quantitative estimate of drug-likeness (QED) is 0.742. The molecule has 20 heavy (non-hydrogen) atoms. The molecule has 106 valence electrons. The molecule has 0 radical (unpaired) electrons. The van der Waals surface area contributed by atoms with Crippen LogP contribution in [0.1, 0.15) is 17.7 Å². The Kier molecular flexibility index (Phi) is 5.09. The van der Waals surface area contributed by atoms with Crippen LogP contribution in [0.25, 0.3) is 0 Å². The second kappa shape index (κ2) is 7.02. The fourth-order valence-corrected chi connectivity index (χ4v) is 2.39. The molecule has 1 heterocycles. The van der Waals surface area contributed by atoms with Gasteiger partial charge in [0.05, 0.1) is 12.6 Å². The van der Waals surface area contributed by atoms with Crippen LogP contribution in [0, 0.1) is 0 Å². The summed E-state index contributed by atoms with van der Waals surface area (Å²) in [6.45, 7) is 0.302. The molecule has 0 saturated heterocycles. The van der Waals surface area contributed by atoms with Crippen molar-refractivity contribution in [3.63, 3.8) is 0 Å². The summed E-state index contributed by atoms with van der Waals surface area (Å²) in [5.74, 6) is -0.201. The number of nitrogens with one attached hydrogen (secondary N) is 2. The smallest absolute Gasteiger partial charge is 0.304 e. The number of amides is 1. The number of aromatic nitrogens is 1. The summed E-state index contributed by atoms with van der Waals surface area (Å²) in [4.78, 5) is 25.3. The predicted molar refractivity (Wildman–Crippen MR) is 79.5 cm³/mol. The van der Waals surface area contributed by atoms with Gasteiger partial charge in [-0.2, -0.15) is 0 Å². The van der Waals surface area contributed by atoms with Crippen molar-refractivity contribution in [2.75, 3.05) is 0 Å².